The van der Waals surface area contributed by atoms with Gasteiger partial charge in [-0.3, -0.25) is 4.79 Å². The summed E-state index contributed by atoms with van der Waals surface area (Å²) in [5, 5.41) is 2.91. The molecule has 1 fully saturated rings. The van der Waals surface area contributed by atoms with E-state index in [4.69, 9.17) is 10.5 Å². The van der Waals surface area contributed by atoms with Crippen molar-refractivity contribution in [2.45, 2.75) is 18.9 Å². The van der Waals surface area contributed by atoms with Gasteiger partial charge < -0.3 is 15.8 Å². The molecule has 1 aliphatic rings. The maximum absolute atomic E-state index is 11.9. The van der Waals surface area contributed by atoms with E-state index < -0.39 is 6.04 Å². The maximum atomic E-state index is 11.9. The Balaban J connectivity index is 1.80. The van der Waals surface area contributed by atoms with Crippen molar-refractivity contribution in [1.29, 1.82) is 0 Å². The van der Waals surface area contributed by atoms with Crippen LogP contribution in [-0.2, 0) is 9.53 Å². The molecule has 0 spiro atoms. The Morgan fingerprint density at radius 1 is 1.44 bits per heavy atom. The summed E-state index contributed by atoms with van der Waals surface area (Å²) in [5.41, 5.74) is 6.75. The molecule has 3 N–H and O–H groups in total. The first-order chi connectivity index (χ1) is 8.77. The normalized spacial score (nSPS) is 21.3. The van der Waals surface area contributed by atoms with Crippen molar-refractivity contribution < 1.29 is 9.53 Å². The lowest BCUT2D eigenvalue weighted by Crippen LogP contribution is -2.38. The van der Waals surface area contributed by atoms with E-state index in [1.165, 1.54) is 0 Å². The van der Waals surface area contributed by atoms with Gasteiger partial charge in [-0.2, -0.15) is 0 Å². The largest absolute Gasteiger partial charge is 0.381 e. The van der Waals surface area contributed by atoms with Crippen LogP contribution >= 0.6 is 0 Å². The smallest absolute Gasteiger partial charge is 0.241 e. The molecule has 2 rings (SSSR count). The number of nitrogens with one attached hydrogen (secondary N) is 1. The summed E-state index contributed by atoms with van der Waals surface area (Å²) in [6, 6.07) is 8.83. The van der Waals surface area contributed by atoms with Crippen molar-refractivity contribution in [3.63, 3.8) is 0 Å². The van der Waals surface area contributed by atoms with Crippen LogP contribution in [0.2, 0.25) is 0 Å². The second-order valence-electron chi connectivity index (χ2n) is 4.72. The van der Waals surface area contributed by atoms with Crippen LogP contribution in [0.25, 0.3) is 0 Å². The molecule has 2 atom stereocenters. The summed E-state index contributed by atoms with van der Waals surface area (Å²) < 4.78 is 5.38. The Morgan fingerprint density at radius 3 is 2.89 bits per heavy atom. The minimum Gasteiger partial charge on any atom is -0.381 e. The first-order valence-corrected chi connectivity index (χ1v) is 6.43. The Bertz CT molecular complexity index is 375. The molecule has 98 valence electrons. The van der Waals surface area contributed by atoms with Gasteiger partial charge in [-0.1, -0.05) is 30.3 Å². The van der Waals surface area contributed by atoms with Gasteiger partial charge in [0.1, 0.15) is 6.04 Å². The van der Waals surface area contributed by atoms with Gasteiger partial charge in [0.25, 0.3) is 0 Å². The molecule has 0 aliphatic carbocycles. The van der Waals surface area contributed by atoms with E-state index >= 15 is 0 Å². The lowest BCUT2D eigenvalue weighted by Gasteiger charge is -2.23. The fourth-order valence-electron chi connectivity index (χ4n) is 2.14. The minimum absolute atomic E-state index is 0.119. The summed E-state index contributed by atoms with van der Waals surface area (Å²) in [4.78, 5) is 11.9. The molecule has 1 heterocycles. The standard InChI is InChI=1S/C14H20N2O2/c15-13(12-6-2-1-3-7-12)14(17)16-9-11-5-4-8-18-10-11/h1-3,6-7,11,13H,4-5,8-10,15H2,(H,16,17)/t11?,13-/m1/s1. The van der Waals surface area contributed by atoms with Gasteiger partial charge in [0.05, 0.1) is 6.61 Å². The van der Waals surface area contributed by atoms with Crippen LogP contribution in [0.1, 0.15) is 24.4 Å². The summed E-state index contributed by atoms with van der Waals surface area (Å²) in [5.74, 6) is 0.303. The molecule has 0 bridgehead atoms. The van der Waals surface area contributed by atoms with Crippen molar-refractivity contribution in [3.8, 4) is 0 Å². The number of benzene rings is 1. The zero-order chi connectivity index (χ0) is 12.8. The van der Waals surface area contributed by atoms with E-state index in [0.717, 1.165) is 31.6 Å². The Morgan fingerprint density at radius 2 is 2.22 bits per heavy atom. The van der Waals surface area contributed by atoms with Crippen molar-refractivity contribution in [1.82, 2.24) is 5.32 Å². The third kappa shape index (κ3) is 3.55. The molecule has 1 aromatic carbocycles. The topological polar surface area (TPSA) is 64.4 Å². The zero-order valence-corrected chi connectivity index (χ0v) is 10.5. The Labute approximate surface area is 108 Å². The third-order valence-electron chi connectivity index (χ3n) is 3.26. The highest BCUT2D eigenvalue weighted by molar-refractivity contribution is 5.82. The van der Waals surface area contributed by atoms with Gasteiger partial charge in [-0.05, 0) is 24.3 Å². The molecule has 1 unspecified atom stereocenters. The van der Waals surface area contributed by atoms with E-state index in [9.17, 15) is 4.79 Å². The predicted molar refractivity (Wildman–Crippen MR) is 69.9 cm³/mol. The van der Waals surface area contributed by atoms with Crippen molar-refractivity contribution in [2.24, 2.45) is 11.7 Å². The fourth-order valence-corrected chi connectivity index (χ4v) is 2.14. The first kappa shape index (κ1) is 13.1. The van der Waals surface area contributed by atoms with Crippen LogP contribution in [-0.4, -0.2) is 25.7 Å². The minimum atomic E-state index is -0.587. The van der Waals surface area contributed by atoms with Gasteiger partial charge in [0.2, 0.25) is 5.91 Å². The highest BCUT2D eigenvalue weighted by Gasteiger charge is 2.18. The van der Waals surface area contributed by atoms with E-state index in [-0.39, 0.29) is 5.91 Å². The van der Waals surface area contributed by atoms with Gasteiger partial charge in [-0.15, -0.1) is 0 Å². The van der Waals surface area contributed by atoms with Crippen molar-refractivity contribution in [3.05, 3.63) is 35.9 Å². The van der Waals surface area contributed by atoms with E-state index in [1.807, 2.05) is 30.3 Å². The molecule has 18 heavy (non-hydrogen) atoms. The number of nitrogens with two attached hydrogens (primary N) is 1. The number of hydrogen-bond acceptors (Lipinski definition) is 3. The average molecular weight is 248 g/mol. The Kier molecular flexibility index (Phi) is 4.73. The molecule has 0 radical (unpaired) electrons. The van der Waals surface area contributed by atoms with Crippen LogP contribution in [0.15, 0.2) is 30.3 Å². The molecular weight excluding hydrogens is 228 g/mol. The lowest BCUT2D eigenvalue weighted by atomic mass is 10.0. The van der Waals surface area contributed by atoms with Gasteiger partial charge in [0.15, 0.2) is 0 Å². The second-order valence-corrected chi connectivity index (χ2v) is 4.72. The fraction of sp³-hybridized carbons (Fsp3) is 0.500. The molecular formula is C14H20N2O2. The SMILES string of the molecule is N[C@@H](C(=O)NCC1CCCOC1)c1ccccc1. The second kappa shape index (κ2) is 6.52. The molecule has 1 aliphatic heterocycles. The molecule has 4 heteroatoms. The molecule has 4 nitrogen and oxygen atoms in total. The number of carbonyl (C=O) groups excluding carboxylic acids is 1. The lowest BCUT2D eigenvalue weighted by molar-refractivity contribution is -0.122. The quantitative estimate of drug-likeness (QED) is 0.842. The number of amides is 1. The summed E-state index contributed by atoms with van der Waals surface area (Å²) in [6.07, 6.45) is 2.19. The summed E-state index contributed by atoms with van der Waals surface area (Å²) >= 11 is 0. The Hall–Kier alpha value is -1.39. The number of carbonyl (C=O) groups is 1. The number of rotatable bonds is 4. The molecule has 0 saturated carbocycles. The van der Waals surface area contributed by atoms with E-state index in [1.54, 1.807) is 0 Å². The zero-order valence-electron chi connectivity index (χ0n) is 10.5. The number of hydrogen-bond donors (Lipinski definition) is 2. The molecule has 1 amide bonds. The van der Waals surface area contributed by atoms with Gasteiger partial charge in [0, 0.05) is 13.2 Å². The molecule has 0 aromatic heterocycles. The van der Waals surface area contributed by atoms with Gasteiger partial charge in [-0.25, -0.2) is 0 Å². The summed E-state index contributed by atoms with van der Waals surface area (Å²) in [6.45, 7) is 2.23. The van der Waals surface area contributed by atoms with Crippen molar-refractivity contribution >= 4 is 5.91 Å². The van der Waals surface area contributed by atoms with Crippen LogP contribution in [0.5, 0.6) is 0 Å². The van der Waals surface area contributed by atoms with Gasteiger partial charge >= 0.3 is 0 Å². The molecule has 1 saturated heterocycles. The molecule has 1 aromatic rings. The third-order valence-corrected chi connectivity index (χ3v) is 3.26. The van der Waals surface area contributed by atoms with E-state index in [0.29, 0.717) is 12.5 Å². The summed E-state index contributed by atoms with van der Waals surface area (Å²) in [7, 11) is 0. The van der Waals surface area contributed by atoms with E-state index in [2.05, 4.69) is 5.32 Å². The highest BCUT2D eigenvalue weighted by atomic mass is 16.5. The van der Waals surface area contributed by atoms with Crippen LogP contribution in [0.3, 0.4) is 0 Å². The highest BCUT2D eigenvalue weighted by Crippen LogP contribution is 2.13. The van der Waals surface area contributed by atoms with Crippen LogP contribution < -0.4 is 11.1 Å². The first-order valence-electron chi connectivity index (χ1n) is 6.43. The maximum Gasteiger partial charge on any atom is 0.241 e. The van der Waals surface area contributed by atoms with Crippen LogP contribution in [0.4, 0.5) is 0 Å². The van der Waals surface area contributed by atoms with Crippen molar-refractivity contribution in [2.75, 3.05) is 19.8 Å². The van der Waals surface area contributed by atoms with Crippen LogP contribution in [0, 0.1) is 5.92 Å². The monoisotopic (exact) mass is 248 g/mol. The average Bonchev–Trinajstić information content (AvgIpc) is 2.46. The predicted octanol–water partition coefficient (Wildman–Crippen LogP) is 1.23. The number of ether oxygens (including phenoxy) is 1.